The Balaban J connectivity index is 1.94. The maximum Gasteiger partial charge on any atom is 0.416 e. The Kier molecular flexibility index (Phi) is 2.93. The Labute approximate surface area is 115 Å². The molecule has 1 aromatic carbocycles. The maximum atomic E-state index is 12.5. The molecule has 0 aliphatic rings. The van der Waals surface area contributed by atoms with Crippen LogP contribution in [0.2, 0.25) is 0 Å². The number of hydrogen-bond donors (Lipinski definition) is 3. The summed E-state index contributed by atoms with van der Waals surface area (Å²) in [4.78, 5) is 14.2. The smallest absolute Gasteiger partial charge is 0.338 e. The largest absolute Gasteiger partial charge is 0.416 e. The first-order valence-corrected chi connectivity index (χ1v) is 5.95. The van der Waals surface area contributed by atoms with E-state index in [1.165, 1.54) is 18.3 Å². The molecule has 108 valence electrons. The van der Waals surface area contributed by atoms with Gasteiger partial charge in [-0.3, -0.25) is 9.89 Å². The predicted octanol–water partition coefficient (Wildman–Crippen LogP) is 3.01. The average molecular weight is 294 g/mol. The summed E-state index contributed by atoms with van der Waals surface area (Å²) < 4.78 is 37.4. The van der Waals surface area contributed by atoms with Gasteiger partial charge in [0.15, 0.2) is 5.82 Å². The lowest BCUT2D eigenvalue weighted by Crippen LogP contribution is -2.06. The van der Waals surface area contributed by atoms with Crippen LogP contribution in [0.4, 0.5) is 24.7 Å². The summed E-state index contributed by atoms with van der Waals surface area (Å²) >= 11 is 0. The van der Waals surface area contributed by atoms with E-state index in [2.05, 4.69) is 20.5 Å². The number of anilines is 2. The fourth-order valence-electron chi connectivity index (χ4n) is 1.95. The molecule has 0 bridgehead atoms. The molecule has 0 unspecified atom stereocenters. The second-order valence-electron chi connectivity index (χ2n) is 4.37. The third-order valence-electron chi connectivity index (χ3n) is 2.96. The van der Waals surface area contributed by atoms with Gasteiger partial charge < -0.3 is 10.3 Å². The van der Waals surface area contributed by atoms with Gasteiger partial charge in [-0.05, 0) is 30.3 Å². The van der Waals surface area contributed by atoms with Crippen molar-refractivity contribution < 1.29 is 13.2 Å². The van der Waals surface area contributed by atoms with Gasteiger partial charge >= 0.3 is 6.18 Å². The quantitative estimate of drug-likeness (QED) is 0.680. The van der Waals surface area contributed by atoms with Crippen LogP contribution in [-0.4, -0.2) is 15.2 Å². The SMILES string of the molecule is O=c1[nH]ccc2[nH]nc(Nc3ccc(C(F)(F)F)cc3)c12. The number of alkyl halides is 3. The number of hydrogen-bond acceptors (Lipinski definition) is 3. The minimum atomic E-state index is -4.38. The summed E-state index contributed by atoms with van der Waals surface area (Å²) in [7, 11) is 0. The molecule has 8 heteroatoms. The fraction of sp³-hybridized carbons (Fsp3) is 0.0769. The van der Waals surface area contributed by atoms with Gasteiger partial charge in [0.05, 0.1) is 11.1 Å². The van der Waals surface area contributed by atoms with E-state index in [0.29, 0.717) is 16.6 Å². The van der Waals surface area contributed by atoms with Gasteiger partial charge in [-0.2, -0.15) is 18.3 Å². The molecule has 5 nitrogen and oxygen atoms in total. The van der Waals surface area contributed by atoms with Crippen LogP contribution in [-0.2, 0) is 6.18 Å². The lowest BCUT2D eigenvalue weighted by molar-refractivity contribution is -0.137. The molecule has 2 aromatic heterocycles. The molecule has 0 saturated carbocycles. The third-order valence-corrected chi connectivity index (χ3v) is 2.96. The molecular formula is C13H9F3N4O. The minimum absolute atomic E-state index is 0.256. The van der Waals surface area contributed by atoms with Gasteiger partial charge in [0.2, 0.25) is 0 Å². The zero-order chi connectivity index (χ0) is 15.0. The lowest BCUT2D eigenvalue weighted by Gasteiger charge is -2.08. The van der Waals surface area contributed by atoms with Gasteiger partial charge in [0.25, 0.3) is 5.56 Å². The van der Waals surface area contributed by atoms with Crippen LogP contribution >= 0.6 is 0 Å². The summed E-state index contributed by atoms with van der Waals surface area (Å²) in [6.07, 6.45) is -2.90. The Morgan fingerprint density at radius 3 is 2.48 bits per heavy atom. The van der Waals surface area contributed by atoms with E-state index in [-0.39, 0.29) is 11.4 Å². The van der Waals surface area contributed by atoms with Crippen molar-refractivity contribution in [3.63, 3.8) is 0 Å². The highest BCUT2D eigenvalue weighted by molar-refractivity contribution is 5.90. The Morgan fingerprint density at radius 2 is 1.81 bits per heavy atom. The molecule has 0 fully saturated rings. The molecule has 0 radical (unpaired) electrons. The van der Waals surface area contributed by atoms with Crippen LogP contribution in [0.3, 0.4) is 0 Å². The molecule has 0 amide bonds. The summed E-state index contributed by atoms with van der Waals surface area (Å²) in [5.74, 6) is 0.256. The first kappa shape index (κ1) is 13.2. The van der Waals surface area contributed by atoms with Crippen LogP contribution in [0, 0.1) is 0 Å². The molecule has 3 rings (SSSR count). The minimum Gasteiger partial charge on any atom is -0.338 e. The van der Waals surface area contributed by atoms with Crippen LogP contribution in [0.15, 0.2) is 41.3 Å². The average Bonchev–Trinajstić information content (AvgIpc) is 2.83. The summed E-state index contributed by atoms with van der Waals surface area (Å²) in [5, 5.41) is 9.75. The van der Waals surface area contributed by atoms with E-state index in [4.69, 9.17) is 0 Å². The molecule has 3 aromatic rings. The Morgan fingerprint density at radius 1 is 1.10 bits per heavy atom. The van der Waals surface area contributed by atoms with Gasteiger partial charge in [0, 0.05) is 11.9 Å². The molecule has 21 heavy (non-hydrogen) atoms. The standard InChI is InChI=1S/C13H9F3N4O/c14-13(15,16)7-1-3-8(4-2-7)18-11-10-9(19-20-11)5-6-17-12(10)21/h1-6H,(H,17,21)(H2,18,19,20). The van der Waals surface area contributed by atoms with Crippen molar-refractivity contribution in [2.24, 2.45) is 0 Å². The molecule has 2 heterocycles. The topological polar surface area (TPSA) is 73.6 Å². The number of nitrogens with zero attached hydrogens (tertiary/aromatic N) is 1. The molecule has 0 aliphatic carbocycles. The predicted molar refractivity (Wildman–Crippen MR) is 71.4 cm³/mol. The number of pyridine rings is 1. The fourth-order valence-corrected chi connectivity index (χ4v) is 1.95. The monoisotopic (exact) mass is 294 g/mol. The second kappa shape index (κ2) is 4.65. The van der Waals surface area contributed by atoms with Gasteiger partial charge in [0.1, 0.15) is 5.39 Å². The van der Waals surface area contributed by atoms with Crippen molar-refractivity contribution >= 4 is 22.4 Å². The highest BCUT2D eigenvalue weighted by Crippen LogP contribution is 2.30. The molecule has 0 atom stereocenters. The molecule has 0 saturated heterocycles. The number of nitrogens with one attached hydrogen (secondary N) is 3. The maximum absolute atomic E-state index is 12.5. The summed E-state index contributed by atoms with van der Waals surface area (Å²) in [6.45, 7) is 0. The van der Waals surface area contributed by atoms with E-state index < -0.39 is 11.7 Å². The van der Waals surface area contributed by atoms with Crippen molar-refractivity contribution in [2.75, 3.05) is 5.32 Å². The Bertz CT molecular complexity index is 833. The van der Waals surface area contributed by atoms with Crippen LogP contribution < -0.4 is 10.9 Å². The van der Waals surface area contributed by atoms with Crippen molar-refractivity contribution in [3.8, 4) is 0 Å². The number of aromatic amines is 2. The van der Waals surface area contributed by atoms with Crippen molar-refractivity contribution in [3.05, 3.63) is 52.4 Å². The second-order valence-corrected chi connectivity index (χ2v) is 4.37. The first-order valence-electron chi connectivity index (χ1n) is 5.95. The van der Waals surface area contributed by atoms with Crippen molar-refractivity contribution in [1.82, 2.24) is 15.2 Å². The van der Waals surface area contributed by atoms with E-state index in [1.807, 2.05) is 0 Å². The van der Waals surface area contributed by atoms with Gasteiger partial charge in [-0.1, -0.05) is 0 Å². The number of aromatic nitrogens is 3. The van der Waals surface area contributed by atoms with Crippen LogP contribution in [0.1, 0.15) is 5.56 Å². The molecule has 0 spiro atoms. The summed E-state index contributed by atoms with van der Waals surface area (Å²) in [5.41, 5.74) is -0.138. The first-order chi connectivity index (χ1) is 9.95. The van der Waals surface area contributed by atoms with E-state index in [9.17, 15) is 18.0 Å². The number of rotatable bonds is 2. The van der Waals surface area contributed by atoms with Crippen molar-refractivity contribution in [1.29, 1.82) is 0 Å². The van der Waals surface area contributed by atoms with Gasteiger partial charge in [-0.15, -0.1) is 0 Å². The number of benzene rings is 1. The number of halogens is 3. The lowest BCUT2D eigenvalue weighted by atomic mass is 10.2. The highest BCUT2D eigenvalue weighted by Gasteiger charge is 2.29. The van der Waals surface area contributed by atoms with E-state index in [1.54, 1.807) is 6.07 Å². The third kappa shape index (κ3) is 2.47. The van der Waals surface area contributed by atoms with Crippen molar-refractivity contribution in [2.45, 2.75) is 6.18 Å². The molecular weight excluding hydrogens is 285 g/mol. The summed E-state index contributed by atoms with van der Waals surface area (Å²) in [6, 6.07) is 6.12. The molecule has 0 aliphatic heterocycles. The van der Waals surface area contributed by atoms with Crippen LogP contribution in [0.5, 0.6) is 0 Å². The number of fused-ring (bicyclic) bond motifs is 1. The van der Waals surface area contributed by atoms with E-state index >= 15 is 0 Å². The zero-order valence-corrected chi connectivity index (χ0v) is 10.5. The van der Waals surface area contributed by atoms with Gasteiger partial charge in [-0.25, -0.2) is 0 Å². The molecule has 3 N–H and O–H groups in total. The number of H-pyrrole nitrogens is 2. The van der Waals surface area contributed by atoms with Crippen LogP contribution in [0.25, 0.3) is 10.9 Å². The normalized spacial score (nSPS) is 11.8. The highest BCUT2D eigenvalue weighted by atomic mass is 19.4. The Hall–Kier alpha value is -2.77. The van der Waals surface area contributed by atoms with E-state index in [0.717, 1.165) is 12.1 Å². The zero-order valence-electron chi connectivity index (χ0n) is 10.5.